The normalized spacial score (nSPS) is 14.0. The van der Waals surface area contributed by atoms with Crippen LogP contribution in [0.4, 0.5) is 0 Å². The Morgan fingerprint density at radius 3 is 0.685 bits per heavy atom. The smallest absolute Gasteiger partial charge is 0.462 e. The highest BCUT2D eigenvalue weighted by Crippen LogP contribution is 2.45. The molecule has 0 saturated heterocycles. The van der Waals surface area contributed by atoms with Crippen LogP contribution in [0.3, 0.4) is 0 Å². The summed E-state index contributed by atoms with van der Waals surface area (Å²) in [6.07, 6.45) is 75.2. The van der Waals surface area contributed by atoms with E-state index in [2.05, 4.69) is 48.5 Å². The molecule has 0 aliphatic rings. The van der Waals surface area contributed by atoms with E-state index in [9.17, 15) is 43.2 Å². The summed E-state index contributed by atoms with van der Waals surface area (Å²) in [6.45, 7) is 12.0. The summed E-state index contributed by atoms with van der Waals surface area (Å²) in [5.74, 6) is 0.274. The number of rotatable bonds is 90. The van der Waals surface area contributed by atoms with E-state index in [1.54, 1.807) is 0 Å². The lowest BCUT2D eigenvalue weighted by Crippen LogP contribution is -2.30. The first kappa shape index (κ1) is 109. The summed E-state index contributed by atoms with van der Waals surface area (Å²) in [7, 11) is -9.94. The minimum absolute atomic E-state index is 0.107. The predicted molar refractivity (Wildman–Crippen MR) is 460 cm³/mol. The Bertz CT molecular complexity index is 2130. The largest absolute Gasteiger partial charge is 0.472 e. The maximum atomic E-state index is 13.2. The van der Waals surface area contributed by atoms with Gasteiger partial charge in [0.2, 0.25) is 0 Å². The zero-order valence-electron chi connectivity index (χ0n) is 73.4. The lowest BCUT2D eigenvalue weighted by molar-refractivity contribution is -0.161. The van der Waals surface area contributed by atoms with Gasteiger partial charge in [-0.3, -0.25) is 37.3 Å². The first-order valence-electron chi connectivity index (χ1n) is 47.4. The molecule has 0 radical (unpaired) electrons. The van der Waals surface area contributed by atoms with Gasteiger partial charge < -0.3 is 33.8 Å². The Morgan fingerprint density at radius 1 is 0.261 bits per heavy atom. The minimum atomic E-state index is -4.97. The van der Waals surface area contributed by atoms with Gasteiger partial charge in [-0.05, 0) is 43.4 Å². The highest BCUT2D eigenvalue weighted by molar-refractivity contribution is 7.47. The van der Waals surface area contributed by atoms with Gasteiger partial charge in [-0.1, -0.05) is 440 Å². The van der Waals surface area contributed by atoms with E-state index >= 15 is 0 Å². The predicted octanol–water partition coefficient (Wildman–Crippen LogP) is 28.4. The van der Waals surface area contributed by atoms with Gasteiger partial charge in [0.1, 0.15) is 19.3 Å². The average Bonchev–Trinajstić information content (AvgIpc) is 0.892. The summed E-state index contributed by atoms with van der Waals surface area (Å²) in [5.41, 5.74) is 0. The lowest BCUT2D eigenvalue weighted by atomic mass is 9.99. The quantitative estimate of drug-likeness (QED) is 0.0222. The third-order valence-corrected chi connectivity index (χ3v) is 23.9. The summed E-state index contributed by atoms with van der Waals surface area (Å²) >= 11 is 0. The third kappa shape index (κ3) is 84.3. The molecule has 0 saturated carbocycles. The molecule has 0 aliphatic heterocycles. The number of hydrogen-bond donors (Lipinski definition) is 3. The number of aliphatic hydroxyl groups is 1. The van der Waals surface area contributed by atoms with Crippen LogP contribution in [0.25, 0.3) is 0 Å². The van der Waals surface area contributed by atoms with Gasteiger partial charge in [-0.2, -0.15) is 0 Å². The van der Waals surface area contributed by atoms with Gasteiger partial charge in [-0.15, -0.1) is 0 Å². The number of esters is 4. The fraction of sp³-hybridized carbons (Fsp3) is 0.957. The molecule has 6 atom stereocenters. The topological polar surface area (TPSA) is 237 Å². The molecule has 17 nitrogen and oxygen atoms in total. The summed E-state index contributed by atoms with van der Waals surface area (Å²) in [6, 6.07) is 0. The van der Waals surface area contributed by atoms with Crippen molar-refractivity contribution in [2.45, 2.75) is 510 Å². The Kier molecular flexibility index (Phi) is 80.4. The Morgan fingerprint density at radius 2 is 0.459 bits per heavy atom. The monoisotopic (exact) mass is 1620 g/mol. The maximum Gasteiger partial charge on any atom is 0.472 e. The van der Waals surface area contributed by atoms with E-state index in [-0.39, 0.29) is 25.7 Å². The van der Waals surface area contributed by atoms with Crippen molar-refractivity contribution in [3.05, 3.63) is 0 Å². The highest BCUT2D eigenvalue weighted by atomic mass is 31.2. The first-order valence-corrected chi connectivity index (χ1v) is 50.4. The number of carbonyl (C=O) groups is 4. The van der Waals surface area contributed by atoms with Gasteiger partial charge >= 0.3 is 39.5 Å². The Hall–Kier alpha value is -1.94. The molecule has 19 heteroatoms. The number of hydrogen-bond acceptors (Lipinski definition) is 15. The Balaban J connectivity index is 5.22. The molecule has 0 bridgehead atoms. The molecule has 111 heavy (non-hydrogen) atoms. The first-order chi connectivity index (χ1) is 53.8. The van der Waals surface area contributed by atoms with Crippen molar-refractivity contribution in [2.75, 3.05) is 39.6 Å². The number of unbranched alkanes of at least 4 members (excludes halogenated alkanes) is 57. The van der Waals surface area contributed by atoms with Crippen molar-refractivity contribution in [1.29, 1.82) is 0 Å². The van der Waals surface area contributed by atoms with E-state index in [1.165, 1.54) is 295 Å². The SMILES string of the molecule is CCCCCCCCCCCCCCCCCCCCCCCCC(=O)O[C@H](COC(=O)CCCCCCCCCCCCCCCCCCCCC(C)C)COP(=O)(O)OC[C@@H](O)COP(=O)(O)OC[C@@H](COC(=O)CCCCCCCCCC(C)C)OC(=O)CCCCCCCCCCCCCCCCC(C)CC. The van der Waals surface area contributed by atoms with Crippen molar-refractivity contribution in [3.63, 3.8) is 0 Å². The fourth-order valence-electron chi connectivity index (χ4n) is 14.4. The third-order valence-electron chi connectivity index (χ3n) is 22.0. The zero-order chi connectivity index (χ0) is 81.5. The molecule has 0 heterocycles. The minimum Gasteiger partial charge on any atom is -0.462 e. The maximum absolute atomic E-state index is 13.2. The van der Waals surface area contributed by atoms with Gasteiger partial charge in [0.05, 0.1) is 26.4 Å². The number of phosphoric ester groups is 2. The van der Waals surface area contributed by atoms with Crippen LogP contribution in [0.15, 0.2) is 0 Å². The number of phosphoric acid groups is 2. The molecule has 0 aromatic heterocycles. The average molecular weight is 1620 g/mol. The summed E-state index contributed by atoms with van der Waals surface area (Å²) < 4.78 is 69.1. The summed E-state index contributed by atoms with van der Waals surface area (Å²) in [5, 5.41) is 10.7. The van der Waals surface area contributed by atoms with E-state index in [1.807, 2.05) is 0 Å². The van der Waals surface area contributed by atoms with E-state index in [0.717, 1.165) is 108 Å². The second-order valence-electron chi connectivity index (χ2n) is 34.2. The lowest BCUT2D eigenvalue weighted by Gasteiger charge is -2.21. The van der Waals surface area contributed by atoms with Gasteiger partial charge in [0, 0.05) is 25.7 Å². The molecule has 0 spiro atoms. The molecule has 0 aliphatic carbocycles. The highest BCUT2D eigenvalue weighted by Gasteiger charge is 2.31. The van der Waals surface area contributed by atoms with Gasteiger partial charge in [0.15, 0.2) is 12.2 Å². The van der Waals surface area contributed by atoms with Crippen LogP contribution in [-0.4, -0.2) is 96.7 Å². The second-order valence-corrected chi connectivity index (χ2v) is 37.2. The molecule has 0 aromatic rings. The van der Waals surface area contributed by atoms with E-state index in [4.69, 9.17) is 37.0 Å². The second kappa shape index (κ2) is 81.8. The van der Waals surface area contributed by atoms with Crippen LogP contribution in [0.5, 0.6) is 0 Å². The van der Waals surface area contributed by atoms with E-state index < -0.39 is 97.5 Å². The molecular formula is C92H180O17P2. The van der Waals surface area contributed by atoms with Crippen LogP contribution >= 0.6 is 15.6 Å². The number of aliphatic hydroxyl groups excluding tert-OH is 1. The molecule has 0 aromatic carbocycles. The van der Waals surface area contributed by atoms with Crippen molar-refractivity contribution in [3.8, 4) is 0 Å². The fourth-order valence-corrected chi connectivity index (χ4v) is 16.0. The molecule has 0 fully saturated rings. The van der Waals surface area contributed by atoms with Crippen LogP contribution in [0.1, 0.15) is 492 Å². The van der Waals surface area contributed by atoms with Crippen LogP contribution in [0, 0.1) is 17.8 Å². The van der Waals surface area contributed by atoms with Gasteiger partial charge in [-0.25, -0.2) is 9.13 Å². The molecule has 3 unspecified atom stereocenters. The number of ether oxygens (including phenoxy) is 4. The molecule has 0 rings (SSSR count). The van der Waals surface area contributed by atoms with Crippen LogP contribution in [0.2, 0.25) is 0 Å². The van der Waals surface area contributed by atoms with Crippen molar-refractivity contribution in [1.82, 2.24) is 0 Å². The van der Waals surface area contributed by atoms with Gasteiger partial charge in [0.25, 0.3) is 0 Å². The van der Waals surface area contributed by atoms with E-state index in [0.29, 0.717) is 31.6 Å². The molecule has 660 valence electrons. The van der Waals surface area contributed by atoms with Crippen LogP contribution in [-0.2, 0) is 65.4 Å². The molecule has 3 N–H and O–H groups in total. The van der Waals surface area contributed by atoms with Crippen molar-refractivity contribution < 1.29 is 80.2 Å². The standard InChI is InChI=1S/C92H180O17P2/c1-8-10-11-12-13-14-15-16-17-18-19-20-21-22-27-30-36-41-46-53-61-68-75-91(96)108-87(79-102-89(94)73-66-59-52-45-40-35-29-26-24-23-25-28-33-38-43-49-56-63-70-83(3)4)81-106-110(98,99)104-77-86(93)78-105-111(100,101)107-82-88(80-103-90(95)74-67-60-55-48-50-57-64-71-84(5)6)109-92(97)76-69-62-54-47-42-37-32-31-34-39-44-51-58-65-72-85(7)9-2/h83-88,93H,8-82H2,1-7H3,(H,98,99)(H,100,101)/t85?,86-,87-,88-/m1/s1. The van der Waals surface area contributed by atoms with Crippen molar-refractivity contribution >= 4 is 39.5 Å². The summed E-state index contributed by atoms with van der Waals surface area (Å²) in [4.78, 5) is 73.4. The van der Waals surface area contributed by atoms with Crippen molar-refractivity contribution in [2.24, 2.45) is 17.8 Å². The number of carbonyl (C=O) groups excluding carboxylic acids is 4. The Labute approximate surface area is 683 Å². The van der Waals surface area contributed by atoms with Crippen LogP contribution < -0.4 is 0 Å². The molecule has 0 amide bonds. The molecular weight excluding hydrogens is 1440 g/mol. The zero-order valence-corrected chi connectivity index (χ0v) is 75.2.